The Hall–Kier alpha value is -2.33. The van der Waals surface area contributed by atoms with Crippen LogP contribution in [0.1, 0.15) is 12.0 Å². The van der Waals surface area contributed by atoms with Crippen LogP contribution in [0.25, 0.3) is 5.57 Å². The molecule has 1 aromatic carbocycles. The van der Waals surface area contributed by atoms with Gasteiger partial charge in [-0.25, -0.2) is 17.6 Å². The molecule has 0 aromatic heterocycles. The average Bonchev–Trinajstić information content (AvgIpc) is 3.17. The van der Waals surface area contributed by atoms with Crippen LogP contribution in [0.5, 0.6) is 0 Å². The first-order valence-electron chi connectivity index (χ1n) is 9.64. The topological polar surface area (TPSA) is 113 Å². The van der Waals surface area contributed by atoms with Crippen molar-refractivity contribution in [2.24, 2.45) is 11.7 Å². The number of nitrogens with zero attached hydrogens (tertiary/aromatic N) is 2. The molecule has 3 N–H and O–H groups in total. The second-order valence-electron chi connectivity index (χ2n) is 7.85. The van der Waals surface area contributed by atoms with Crippen molar-refractivity contribution in [2.75, 3.05) is 31.1 Å². The van der Waals surface area contributed by atoms with Crippen LogP contribution in [0.15, 0.2) is 29.4 Å². The van der Waals surface area contributed by atoms with Crippen LogP contribution in [0.4, 0.5) is 9.18 Å². The maximum Gasteiger partial charge on any atom is 0.317 e. The molecule has 8 nitrogen and oxygen atoms in total. The van der Waals surface area contributed by atoms with Gasteiger partial charge in [0, 0.05) is 31.2 Å². The minimum atomic E-state index is -3.11. The molecule has 3 atom stereocenters. The summed E-state index contributed by atoms with van der Waals surface area (Å²) in [6.07, 6.45) is 0.387. The molecule has 162 valence electrons. The number of rotatable bonds is 3. The summed E-state index contributed by atoms with van der Waals surface area (Å²) in [6.45, 7) is 0.913. The van der Waals surface area contributed by atoms with E-state index in [1.165, 1.54) is 18.2 Å². The van der Waals surface area contributed by atoms with Crippen molar-refractivity contribution >= 4 is 38.9 Å². The van der Waals surface area contributed by atoms with Gasteiger partial charge < -0.3 is 20.9 Å². The van der Waals surface area contributed by atoms with Crippen molar-refractivity contribution in [1.82, 2.24) is 15.1 Å². The number of piperazine rings is 1. The number of hydrogen-bond acceptors (Lipinski definition) is 5. The predicted molar refractivity (Wildman–Crippen MR) is 110 cm³/mol. The summed E-state index contributed by atoms with van der Waals surface area (Å²) in [5.41, 5.74) is 6.61. The first kappa shape index (κ1) is 20.9. The number of hydrogen-bond donors (Lipinski definition) is 2. The lowest BCUT2D eigenvalue weighted by molar-refractivity contribution is -0.121. The molecule has 11 heteroatoms. The molecule has 3 heterocycles. The van der Waals surface area contributed by atoms with Gasteiger partial charge in [-0.15, -0.1) is 0 Å². The van der Waals surface area contributed by atoms with E-state index in [4.69, 9.17) is 17.3 Å². The number of sulfone groups is 1. The van der Waals surface area contributed by atoms with Gasteiger partial charge in [0.15, 0.2) is 9.84 Å². The standard InChI is InChI=1S/C19H22ClFN4O4S/c20-17-15(11-2-1-3-12(21)8-11)16(18(22)26)14-9-24(5-6-25(14)17)19(27)23-13-4-7-30(28,29)10-13/h1-3,8,13-14,16H,4-7,9-10H2,(H2,22,26)(H,23,27). The molecule has 2 fully saturated rings. The van der Waals surface area contributed by atoms with Gasteiger partial charge in [0.25, 0.3) is 0 Å². The van der Waals surface area contributed by atoms with Crippen LogP contribution in [0.2, 0.25) is 0 Å². The zero-order valence-electron chi connectivity index (χ0n) is 16.1. The molecule has 3 aliphatic rings. The summed E-state index contributed by atoms with van der Waals surface area (Å²) in [6, 6.07) is 4.54. The highest BCUT2D eigenvalue weighted by Gasteiger charge is 2.47. The number of carbonyl (C=O) groups excluding carboxylic acids is 2. The van der Waals surface area contributed by atoms with E-state index in [0.29, 0.717) is 35.8 Å². The molecular formula is C19H22ClFN4O4S. The molecule has 30 heavy (non-hydrogen) atoms. The Morgan fingerprint density at radius 1 is 1.27 bits per heavy atom. The van der Waals surface area contributed by atoms with Gasteiger partial charge in [0.05, 0.1) is 23.5 Å². The van der Waals surface area contributed by atoms with Crippen LogP contribution < -0.4 is 11.1 Å². The van der Waals surface area contributed by atoms with E-state index in [1.54, 1.807) is 11.0 Å². The molecule has 0 radical (unpaired) electrons. The Bertz CT molecular complexity index is 1030. The van der Waals surface area contributed by atoms with Crippen molar-refractivity contribution in [1.29, 1.82) is 0 Å². The monoisotopic (exact) mass is 456 g/mol. The SMILES string of the molecule is NC(=O)C1C(c2cccc(F)c2)=C(Cl)N2CCN(C(=O)NC3CCS(=O)(=O)C3)CC12. The van der Waals surface area contributed by atoms with E-state index < -0.39 is 39.6 Å². The summed E-state index contributed by atoms with van der Waals surface area (Å²) < 4.78 is 37.0. The summed E-state index contributed by atoms with van der Waals surface area (Å²) in [5.74, 6) is -1.87. The van der Waals surface area contributed by atoms with Crippen molar-refractivity contribution in [2.45, 2.75) is 18.5 Å². The van der Waals surface area contributed by atoms with Crippen LogP contribution in [0.3, 0.4) is 0 Å². The number of fused-ring (bicyclic) bond motifs is 1. The fraction of sp³-hybridized carbons (Fsp3) is 0.474. The number of halogens is 2. The van der Waals surface area contributed by atoms with Crippen molar-refractivity contribution in [3.63, 3.8) is 0 Å². The Labute approximate surface area is 178 Å². The second kappa shape index (κ2) is 7.73. The number of urea groups is 1. The van der Waals surface area contributed by atoms with Gasteiger partial charge in [-0.1, -0.05) is 23.7 Å². The molecular weight excluding hydrogens is 435 g/mol. The van der Waals surface area contributed by atoms with Gasteiger partial charge in [-0.2, -0.15) is 0 Å². The van der Waals surface area contributed by atoms with E-state index in [9.17, 15) is 22.4 Å². The molecule has 0 spiro atoms. The number of carbonyl (C=O) groups is 2. The fourth-order valence-electron chi connectivity index (χ4n) is 4.46. The smallest absolute Gasteiger partial charge is 0.317 e. The highest BCUT2D eigenvalue weighted by atomic mass is 35.5. The van der Waals surface area contributed by atoms with Gasteiger partial charge in [0.1, 0.15) is 11.0 Å². The minimum absolute atomic E-state index is 0.0641. The third kappa shape index (κ3) is 3.85. The van der Waals surface area contributed by atoms with Gasteiger partial charge >= 0.3 is 6.03 Å². The third-order valence-electron chi connectivity index (χ3n) is 5.88. The van der Waals surface area contributed by atoms with E-state index in [0.717, 1.165) is 0 Å². The van der Waals surface area contributed by atoms with E-state index in [-0.39, 0.29) is 24.1 Å². The largest absolute Gasteiger partial charge is 0.369 e. The van der Waals surface area contributed by atoms with Crippen LogP contribution >= 0.6 is 11.6 Å². The number of nitrogens with one attached hydrogen (secondary N) is 1. The quantitative estimate of drug-likeness (QED) is 0.651. The number of primary amides is 1. The fourth-order valence-corrected chi connectivity index (χ4v) is 6.57. The Kier molecular flexibility index (Phi) is 5.39. The minimum Gasteiger partial charge on any atom is -0.369 e. The van der Waals surface area contributed by atoms with Gasteiger partial charge in [-0.3, -0.25) is 4.79 Å². The summed E-state index contributed by atoms with van der Waals surface area (Å²) in [4.78, 5) is 28.4. The van der Waals surface area contributed by atoms with E-state index >= 15 is 0 Å². The Balaban J connectivity index is 1.53. The van der Waals surface area contributed by atoms with Gasteiger partial charge in [0.2, 0.25) is 5.91 Å². The first-order valence-corrected chi connectivity index (χ1v) is 11.8. The van der Waals surface area contributed by atoms with Crippen molar-refractivity contribution in [3.05, 3.63) is 40.8 Å². The molecule has 1 aromatic rings. The predicted octanol–water partition coefficient (Wildman–Crippen LogP) is 0.731. The normalized spacial score (nSPS) is 27.9. The lowest BCUT2D eigenvalue weighted by Gasteiger charge is -2.40. The second-order valence-corrected chi connectivity index (χ2v) is 10.4. The maximum absolute atomic E-state index is 13.8. The molecule has 3 amide bonds. The lowest BCUT2D eigenvalue weighted by Crippen LogP contribution is -2.58. The third-order valence-corrected chi connectivity index (χ3v) is 8.07. The van der Waals surface area contributed by atoms with Crippen LogP contribution in [-0.4, -0.2) is 73.4 Å². The lowest BCUT2D eigenvalue weighted by atomic mass is 9.88. The average molecular weight is 457 g/mol. The molecule has 0 aliphatic carbocycles. The van der Waals surface area contributed by atoms with Gasteiger partial charge in [-0.05, 0) is 24.1 Å². The summed E-state index contributed by atoms with van der Waals surface area (Å²) in [7, 11) is -3.11. The highest BCUT2D eigenvalue weighted by molar-refractivity contribution is 7.91. The number of amides is 3. The first-order chi connectivity index (χ1) is 14.2. The molecule has 4 rings (SSSR count). The molecule has 2 saturated heterocycles. The maximum atomic E-state index is 13.8. The van der Waals surface area contributed by atoms with E-state index in [1.807, 2.05) is 4.90 Å². The van der Waals surface area contributed by atoms with Crippen molar-refractivity contribution < 1.29 is 22.4 Å². The Morgan fingerprint density at radius 2 is 2.03 bits per heavy atom. The number of benzene rings is 1. The zero-order valence-corrected chi connectivity index (χ0v) is 17.6. The van der Waals surface area contributed by atoms with Crippen LogP contribution in [-0.2, 0) is 14.6 Å². The highest BCUT2D eigenvalue weighted by Crippen LogP contribution is 2.43. The summed E-state index contributed by atoms with van der Waals surface area (Å²) in [5, 5.41) is 3.10. The summed E-state index contributed by atoms with van der Waals surface area (Å²) >= 11 is 6.56. The number of nitrogens with two attached hydrogens (primary N) is 1. The molecule has 3 unspecified atom stereocenters. The molecule has 0 bridgehead atoms. The molecule has 3 aliphatic heterocycles. The van der Waals surface area contributed by atoms with Crippen molar-refractivity contribution in [3.8, 4) is 0 Å². The van der Waals surface area contributed by atoms with E-state index in [2.05, 4.69) is 5.32 Å². The molecule has 0 saturated carbocycles. The zero-order chi connectivity index (χ0) is 21.6. The van der Waals surface area contributed by atoms with Crippen LogP contribution in [0, 0.1) is 11.7 Å². The Morgan fingerprint density at radius 3 is 2.67 bits per heavy atom.